The van der Waals surface area contributed by atoms with Crippen LogP contribution in [-0.2, 0) is 9.59 Å². The monoisotopic (exact) mass is 501 g/mol. The third kappa shape index (κ3) is 4.52. The number of aryl methyl sites for hydroxylation is 1. The van der Waals surface area contributed by atoms with E-state index in [0.29, 0.717) is 36.1 Å². The normalized spacial score (nSPS) is 19.9. The van der Waals surface area contributed by atoms with Gasteiger partial charge in [-0.15, -0.1) is 0 Å². The van der Waals surface area contributed by atoms with E-state index in [4.69, 9.17) is 4.42 Å². The molecule has 8 nitrogen and oxygen atoms in total. The number of nitrogens with zero attached hydrogens (tertiary/aromatic N) is 2. The van der Waals surface area contributed by atoms with Crippen LogP contribution in [0.5, 0.6) is 0 Å². The van der Waals surface area contributed by atoms with Crippen LogP contribution in [0.1, 0.15) is 53.2 Å². The van der Waals surface area contributed by atoms with Crippen molar-refractivity contribution in [3.63, 3.8) is 0 Å². The zero-order chi connectivity index (χ0) is 26.3. The maximum absolute atomic E-state index is 13.8. The highest BCUT2D eigenvalue weighted by Gasteiger charge is 2.52. The second-order valence-electron chi connectivity index (χ2n) is 10.3. The lowest BCUT2D eigenvalue weighted by atomic mass is 10.0. The summed E-state index contributed by atoms with van der Waals surface area (Å²) in [5.74, 6) is -0.808. The molecule has 0 saturated carbocycles. The Labute approximate surface area is 215 Å². The van der Waals surface area contributed by atoms with Gasteiger partial charge in [0, 0.05) is 23.1 Å². The molecule has 2 aromatic carbocycles. The molecule has 2 fully saturated rings. The topological polar surface area (TPSA) is 99.9 Å². The minimum Gasteiger partial charge on any atom is -0.451 e. The fourth-order valence-electron chi connectivity index (χ4n) is 5.59. The maximum Gasteiger partial charge on any atom is 0.287 e. The van der Waals surface area contributed by atoms with Gasteiger partial charge in [-0.1, -0.05) is 50.2 Å². The minimum absolute atomic E-state index is 0.0216. The largest absolute Gasteiger partial charge is 0.451 e. The molecule has 3 heterocycles. The van der Waals surface area contributed by atoms with Gasteiger partial charge in [-0.3, -0.25) is 19.2 Å². The van der Waals surface area contributed by atoms with E-state index >= 15 is 0 Å². The smallest absolute Gasteiger partial charge is 0.287 e. The average molecular weight is 502 g/mol. The number of furan rings is 1. The number of para-hydroxylation sites is 1. The number of benzene rings is 2. The second kappa shape index (κ2) is 9.84. The number of rotatable bonds is 6. The summed E-state index contributed by atoms with van der Waals surface area (Å²) in [4.78, 5) is 56.3. The molecular formula is C29H31N3O5. The molecule has 0 bridgehead atoms. The molecule has 0 aliphatic carbocycles. The number of amides is 3. The van der Waals surface area contributed by atoms with E-state index < -0.39 is 18.0 Å². The van der Waals surface area contributed by atoms with Gasteiger partial charge >= 0.3 is 0 Å². The summed E-state index contributed by atoms with van der Waals surface area (Å²) < 4.78 is 5.81. The number of nitrogens with one attached hydrogen (secondary N) is 1. The van der Waals surface area contributed by atoms with E-state index in [1.807, 2.05) is 45.0 Å². The zero-order valence-corrected chi connectivity index (χ0v) is 21.3. The molecule has 0 radical (unpaired) electrons. The van der Waals surface area contributed by atoms with Crippen molar-refractivity contribution in [2.24, 2.45) is 5.92 Å². The molecule has 2 aliphatic heterocycles. The van der Waals surface area contributed by atoms with Crippen LogP contribution in [0.4, 0.5) is 0 Å². The molecule has 3 atom stereocenters. The maximum atomic E-state index is 13.8. The highest BCUT2D eigenvalue weighted by atomic mass is 16.3. The van der Waals surface area contributed by atoms with Crippen molar-refractivity contribution in [1.29, 1.82) is 0 Å². The Balaban J connectivity index is 1.35. The Morgan fingerprint density at radius 1 is 1.03 bits per heavy atom. The van der Waals surface area contributed by atoms with Gasteiger partial charge in [0.05, 0.1) is 12.6 Å². The zero-order valence-electron chi connectivity index (χ0n) is 21.3. The number of ketones is 1. The van der Waals surface area contributed by atoms with Crippen LogP contribution in [0.25, 0.3) is 11.0 Å². The summed E-state index contributed by atoms with van der Waals surface area (Å²) in [5.41, 5.74) is 1.84. The van der Waals surface area contributed by atoms with Crippen molar-refractivity contribution in [3.8, 4) is 0 Å². The highest BCUT2D eigenvalue weighted by Crippen LogP contribution is 2.32. The van der Waals surface area contributed by atoms with Gasteiger partial charge in [0.1, 0.15) is 17.7 Å². The standard InChI is InChI=1S/C29H31N3O5/c1-17(2)15-21(30-27(34)26-18(3)20-11-7-8-12-24(20)37-26)29(36)31-14-13-22-25(31)23(33)16-32(22)28(35)19-9-5-4-6-10-19/h4-12,17,21-22,25H,13-16H2,1-3H3,(H,30,34)/t21-,22+,25-/m0/s1. The van der Waals surface area contributed by atoms with Crippen molar-refractivity contribution in [1.82, 2.24) is 15.1 Å². The third-order valence-corrected chi connectivity index (χ3v) is 7.35. The van der Waals surface area contributed by atoms with E-state index in [9.17, 15) is 19.2 Å². The molecule has 3 aromatic rings. The highest BCUT2D eigenvalue weighted by molar-refractivity contribution is 6.04. The van der Waals surface area contributed by atoms with Crippen LogP contribution in [0, 0.1) is 12.8 Å². The number of fused-ring (bicyclic) bond motifs is 2. The Morgan fingerprint density at radius 2 is 1.73 bits per heavy atom. The summed E-state index contributed by atoms with van der Waals surface area (Å²) >= 11 is 0. The van der Waals surface area contributed by atoms with Crippen molar-refractivity contribution < 1.29 is 23.6 Å². The van der Waals surface area contributed by atoms with Crippen LogP contribution < -0.4 is 5.32 Å². The fourth-order valence-corrected chi connectivity index (χ4v) is 5.59. The van der Waals surface area contributed by atoms with Crippen molar-refractivity contribution >= 4 is 34.5 Å². The molecule has 3 amide bonds. The van der Waals surface area contributed by atoms with E-state index in [2.05, 4.69) is 5.32 Å². The summed E-state index contributed by atoms with van der Waals surface area (Å²) in [6.45, 7) is 6.11. The fraction of sp³-hybridized carbons (Fsp3) is 0.379. The molecule has 8 heteroatoms. The number of Topliss-reactive ketones (excluding diaryl/α,β-unsaturated/α-hetero) is 1. The van der Waals surface area contributed by atoms with Gasteiger partial charge in [0.2, 0.25) is 5.91 Å². The lowest BCUT2D eigenvalue weighted by Gasteiger charge is -2.29. The number of hydrogen-bond acceptors (Lipinski definition) is 5. The SMILES string of the molecule is Cc1c(C(=O)N[C@@H](CC(C)C)C(=O)N2CC[C@@H]3[C@H]2C(=O)CN3C(=O)c2ccccc2)oc2ccccc12. The molecule has 2 saturated heterocycles. The van der Waals surface area contributed by atoms with Gasteiger partial charge < -0.3 is 19.5 Å². The lowest BCUT2D eigenvalue weighted by Crippen LogP contribution is -2.53. The first kappa shape index (κ1) is 24.7. The van der Waals surface area contributed by atoms with Gasteiger partial charge in [-0.25, -0.2) is 0 Å². The Kier molecular flexibility index (Phi) is 6.58. The second-order valence-corrected chi connectivity index (χ2v) is 10.3. The quantitative estimate of drug-likeness (QED) is 0.557. The molecule has 1 N–H and O–H groups in total. The van der Waals surface area contributed by atoms with Crippen molar-refractivity contribution in [2.75, 3.05) is 13.1 Å². The third-order valence-electron chi connectivity index (χ3n) is 7.35. The Bertz CT molecular complexity index is 1360. The van der Waals surface area contributed by atoms with Crippen LogP contribution in [0.15, 0.2) is 59.0 Å². The molecule has 37 heavy (non-hydrogen) atoms. The van der Waals surface area contributed by atoms with Gasteiger partial charge in [0.25, 0.3) is 11.8 Å². The minimum atomic E-state index is -0.814. The summed E-state index contributed by atoms with van der Waals surface area (Å²) in [7, 11) is 0. The first-order valence-corrected chi connectivity index (χ1v) is 12.7. The Morgan fingerprint density at radius 3 is 2.43 bits per heavy atom. The Hall–Kier alpha value is -3.94. The summed E-state index contributed by atoms with van der Waals surface area (Å²) in [6.07, 6.45) is 0.935. The average Bonchev–Trinajstić information content (AvgIpc) is 3.57. The molecule has 5 rings (SSSR count). The van der Waals surface area contributed by atoms with Gasteiger partial charge in [-0.05, 0) is 43.9 Å². The first-order chi connectivity index (χ1) is 17.8. The predicted octanol–water partition coefficient (Wildman–Crippen LogP) is 3.58. The first-order valence-electron chi connectivity index (χ1n) is 12.7. The predicted molar refractivity (Wildman–Crippen MR) is 138 cm³/mol. The molecule has 0 unspecified atom stereocenters. The number of likely N-dealkylation sites (tertiary alicyclic amines) is 2. The van der Waals surface area contributed by atoms with E-state index in [1.54, 1.807) is 40.1 Å². The van der Waals surface area contributed by atoms with Crippen LogP contribution in [0.2, 0.25) is 0 Å². The molecule has 1 aromatic heterocycles. The summed E-state index contributed by atoms with van der Waals surface area (Å²) in [6, 6.07) is 14.4. The van der Waals surface area contributed by atoms with Crippen LogP contribution >= 0.6 is 0 Å². The van der Waals surface area contributed by atoms with E-state index in [1.165, 1.54) is 0 Å². The van der Waals surface area contributed by atoms with Crippen molar-refractivity contribution in [2.45, 2.75) is 51.7 Å². The van der Waals surface area contributed by atoms with Gasteiger partial charge in [0.15, 0.2) is 11.5 Å². The molecule has 2 aliphatic rings. The van der Waals surface area contributed by atoms with Gasteiger partial charge in [-0.2, -0.15) is 0 Å². The van der Waals surface area contributed by atoms with Crippen LogP contribution in [-0.4, -0.2) is 64.5 Å². The van der Waals surface area contributed by atoms with Crippen molar-refractivity contribution in [3.05, 3.63) is 71.5 Å². The molecular weight excluding hydrogens is 470 g/mol. The summed E-state index contributed by atoms with van der Waals surface area (Å²) in [5, 5.41) is 3.73. The van der Waals surface area contributed by atoms with E-state index in [0.717, 1.165) is 5.39 Å². The lowest BCUT2D eigenvalue weighted by molar-refractivity contribution is -0.138. The number of carbonyl (C=O) groups is 4. The number of carbonyl (C=O) groups excluding carboxylic acids is 4. The number of hydrogen-bond donors (Lipinski definition) is 1. The van der Waals surface area contributed by atoms with Crippen LogP contribution in [0.3, 0.4) is 0 Å². The molecule has 192 valence electrons. The van der Waals surface area contributed by atoms with E-state index in [-0.39, 0.29) is 41.9 Å². The molecule has 0 spiro atoms.